The molecule has 3 nitrogen and oxygen atoms in total. The van der Waals surface area contributed by atoms with Crippen molar-refractivity contribution in [1.29, 1.82) is 0 Å². The molecule has 0 bridgehead atoms. The molecule has 0 saturated carbocycles. The van der Waals surface area contributed by atoms with Crippen molar-refractivity contribution in [1.82, 2.24) is 4.98 Å². The third-order valence-electron chi connectivity index (χ3n) is 2.88. The van der Waals surface area contributed by atoms with Crippen LogP contribution in [0.5, 0.6) is 5.75 Å². The maximum atomic E-state index is 5.60. The highest BCUT2D eigenvalue weighted by atomic mass is 32.1. The highest BCUT2D eigenvalue weighted by Gasteiger charge is 2.12. The topological polar surface area (TPSA) is 48.1 Å². The SMILES string of the molecule is COc1ccc(C(C)C)cc1-c1nc(CN)cs1. The predicted octanol–water partition coefficient (Wildman–Crippen LogP) is 3.40. The molecular formula is C14H18N2OS. The van der Waals surface area contributed by atoms with Gasteiger partial charge in [0.1, 0.15) is 10.8 Å². The Bertz CT molecular complexity index is 534. The fourth-order valence-corrected chi connectivity index (χ4v) is 2.63. The predicted molar refractivity (Wildman–Crippen MR) is 76.1 cm³/mol. The summed E-state index contributed by atoms with van der Waals surface area (Å²) in [6, 6.07) is 6.27. The number of methoxy groups -OCH3 is 1. The Balaban J connectivity index is 2.49. The van der Waals surface area contributed by atoms with Crippen LogP contribution in [0.1, 0.15) is 31.0 Å². The van der Waals surface area contributed by atoms with Crippen LogP contribution < -0.4 is 10.5 Å². The normalized spacial score (nSPS) is 10.9. The van der Waals surface area contributed by atoms with Gasteiger partial charge in [-0.15, -0.1) is 11.3 Å². The molecule has 4 heteroatoms. The molecule has 0 atom stereocenters. The number of benzene rings is 1. The van der Waals surface area contributed by atoms with Crippen molar-refractivity contribution >= 4 is 11.3 Å². The number of thiazole rings is 1. The number of hydrogen-bond acceptors (Lipinski definition) is 4. The van der Waals surface area contributed by atoms with Crippen molar-refractivity contribution in [2.75, 3.05) is 7.11 Å². The second-order valence-electron chi connectivity index (χ2n) is 4.46. The minimum Gasteiger partial charge on any atom is -0.496 e. The third-order valence-corrected chi connectivity index (χ3v) is 3.81. The molecule has 0 saturated heterocycles. The number of ether oxygens (including phenoxy) is 1. The van der Waals surface area contributed by atoms with E-state index in [9.17, 15) is 0 Å². The number of nitrogens with two attached hydrogens (primary N) is 1. The van der Waals surface area contributed by atoms with Crippen LogP contribution in [0, 0.1) is 0 Å². The van der Waals surface area contributed by atoms with E-state index in [2.05, 4.69) is 31.0 Å². The molecule has 0 aliphatic rings. The third kappa shape index (κ3) is 2.54. The van der Waals surface area contributed by atoms with E-state index in [1.165, 1.54) is 5.56 Å². The first kappa shape index (κ1) is 13.1. The van der Waals surface area contributed by atoms with Crippen molar-refractivity contribution in [3.8, 4) is 16.3 Å². The first-order chi connectivity index (χ1) is 8.65. The lowest BCUT2D eigenvalue weighted by molar-refractivity contribution is 0.416. The van der Waals surface area contributed by atoms with Crippen molar-refractivity contribution in [3.05, 3.63) is 34.8 Å². The van der Waals surface area contributed by atoms with Gasteiger partial charge in [0, 0.05) is 11.9 Å². The van der Waals surface area contributed by atoms with Gasteiger partial charge in [-0.2, -0.15) is 0 Å². The van der Waals surface area contributed by atoms with Crippen molar-refractivity contribution in [3.63, 3.8) is 0 Å². The largest absolute Gasteiger partial charge is 0.496 e. The maximum absolute atomic E-state index is 5.60. The molecule has 2 N–H and O–H groups in total. The minimum atomic E-state index is 0.475. The molecule has 1 heterocycles. The molecule has 0 spiro atoms. The molecule has 2 rings (SSSR count). The fraction of sp³-hybridized carbons (Fsp3) is 0.357. The minimum absolute atomic E-state index is 0.475. The van der Waals surface area contributed by atoms with Gasteiger partial charge in [0.25, 0.3) is 0 Å². The Morgan fingerprint density at radius 2 is 2.17 bits per heavy atom. The monoisotopic (exact) mass is 262 g/mol. The summed E-state index contributed by atoms with van der Waals surface area (Å²) in [6.45, 7) is 4.83. The molecular weight excluding hydrogens is 244 g/mol. The molecule has 2 aromatic rings. The van der Waals surface area contributed by atoms with E-state index in [1.54, 1.807) is 18.4 Å². The van der Waals surface area contributed by atoms with Crippen LogP contribution >= 0.6 is 11.3 Å². The average Bonchev–Trinajstić information content (AvgIpc) is 2.86. The van der Waals surface area contributed by atoms with Crippen LogP contribution in [0.15, 0.2) is 23.6 Å². The van der Waals surface area contributed by atoms with E-state index in [1.807, 2.05) is 11.4 Å². The smallest absolute Gasteiger partial charge is 0.129 e. The lowest BCUT2D eigenvalue weighted by atomic mass is 10.0. The molecule has 1 aromatic carbocycles. The standard InChI is InChI=1S/C14H18N2OS/c1-9(2)10-4-5-13(17-3)12(6-10)14-16-11(7-15)8-18-14/h4-6,8-9H,7,15H2,1-3H3. The van der Waals surface area contributed by atoms with E-state index in [-0.39, 0.29) is 0 Å². The second-order valence-corrected chi connectivity index (χ2v) is 5.32. The Kier molecular flexibility index (Phi) is 3.99. The zero-order valence-electron chi connectivity index (χ0n) is 10.9. The number of nitrogens with zero attached hydrogens (tertiary/aromatic N) is 1. The van der Waals surface area contributed by atoms with Crippen molar-refractivity contribution in [2.45, 2.75) is 26.3 Å². The summed E-state index contributed by atoms with van der Waals surface area (Å²) < 4.78 is 5.41. The molecule has 0 amide bonds. The van der Waals surface area contributed by atoms with Gasteiger partial charge in [0.05, 0.1) is 18.4 Å². The summed E-state index contributed by atoms with van der Waals surface area (Å²) in [5.74, 6) is 1.35. The summed E-state index contributed by atoms with van der Waals surface area (Å²) in [6.07, 6.45) is 0. The number of aromatic nitrogens is 1. The summed E-state index contributed by atoms with van der Waals surface area (Å²) in [4.78, 5) is 4.52. The van der Waals surface area contributed by atoms with Gasteiger partial charge in [-0.25, -0.2) is 4.98 Å². The summed E-state index contributed by atoms with van der Waals surface area (Å²) in [5.41, 5.74) is 8.86. The van der Waals surface area contributed by atoms with Crippen LogP contribution in [0.2, 0.25) is 0 Å². The summed E-state index contributed by atoms with van der Waals surface area (Å²) in [5, 5.41) is 2.96. The van der Waals surface area contributed by atoms with Gasteiger partial charge < -0.3 is 10.5 Å². The van der Waals surface area contributed by atoms with Crippen LogP contribution in [0.3, 0.4) is 0 Å². The Labute approximate surface area is 112 Å². The number of rotatable bonds is 4. The molecule has 0 aliphatic carbocycles. The van der Waals surface area contributed by atoms with Crippen LogP contribution in [0.4, 0.5) is 0 Å². The molecule has 0 fully saturated rings. The molecule has 0 radical (unpaired) electrons. The Morgan fingerprint density at radius 3 is 2.72 bits per heavy atom. The van der Waals surface area contributed by atoms with Gasteiger partial charge in [-0.3, -0.25) is 0 Å². The quantitative estimate of drug-likeness (QED) is 0.918. The van der Waals surface area contributed by atoms with Crippen LogP contribution in [-0.2, 0) is 6.54 Å². The Morgan fingerprint density at radius 1 is 1.39 bits per heavy atom. The first-order valence-corrected chi connectivity index (χ1v) is 6.86. The summed E-state index contributed by atoms with van der Waals surface area (Å²) >= 11 is 1.61. The fourth-order valence-electron chi connectivity index (χ4n) is 1.78. The zero-order chi connectivity index (χ0) is 13.1. The highest BCUT2D eigenvalue weighted by Crippen LogP contribution is 2.34. The average molecular weight is 262 g/mol. The Hall–Kier alpha value is -1.39. The van der Waals surface area contributed by atoms with Crippen LogP contribution in [-0.4, -0.2) is 12.1 Å². The zero-order valence-corrected chi connectivity index (χ0v) is 11.8. The molecule has 18 heavy (non-hydrogen) atoms. The van der Waals surface area contributed by atoms with Gasteiger partial charge in [-0.05, 0) is 23.6 Å². The van der Waals surface area contributed by atoms with E-state index in [0.717, 1.165) is 22.0 Å². The van der Waals surface area contributed by atoms with Gasteiger partial charge >= 0.3 is 0 Å². The number of hydrogen-bond donors (Lipinski definition) is 1. The van der Waals surface area contributed by atoms with Gasteiger partial charge in [0.15, 0.2) is 0 Å². The van der Waals surface area contributed by atoms with Gasteiger partial charge in [0.2, 0.25) is 0 Å². The lowest BCUT2D eigenvalue weighted by Crippen LogP contribution is -1.96. The van der Waals surface area contributed by atoms with E-state index in [4.69, 9.17) is 10.5 Å². The van der Waals surface area contributed by atoms with Gasteiger partial charge in [-0.1, -0.05) is 19.9 Å². The molecule has 0 aliphatic heterocycles. The maximum Gasteiger partial charge on any atom is 0.129 e. The first-order valence-electron chi connectivity index (χ1n) is 5.98. The van der Waals surface area contributed by atoms with E-state index >= 15 is 0 Å². The van der Waals surface area contributed by atoms with Crippen molar-refractivity contribution < 1.29 is 4.74 Å². The molecule has 96 valence electrons. The van der Waals surface area contributed by atoms with E-state index < -0.39 is 0 Å². The van der Waals surface area contributed by atoms with E-state index in [0.29, 0.717) is 12.5 Å². The summed E-state index contributed by atoms with van der Waals surface area (Å²) in [7, 11) is 1.69. The lowest BCUT2D eigenvalue weighted by Gasteiger charge is -2.11. The van der Waals surface area contributed by atoms with Crippen molar-refractivity contribution in [2.24, 2.45) is 5.73 Å². The molecule has 1 aromatic heterocycles. The highest BCUT2D eigenvalue weighted by molar-refractivity contribution is 7.13. The molecule has 0 unspecified atom stereocenters. The second kappa shape index (κ2) is 5.50. The van der Waals surface area contributed by atoms with Crippen LogP contribution in [0.25, 0.3) is 10.6 Å².